The van der Waals surface area contributed by atoms with E-state index >= 15 is 0 Å². The molecule has 1 saturated heterocycles. The van der Waals surface area contributed by atoms with Gasteiger partial charge in [-0.05, 0) is 39.8 Å². The second-order valence-electron chi connectivity index (χ2n) is 4.56. The molecule has 0 amide bonds. The Kier molecular flexibility index (Phi) is 4.32. The SMILES string of the molecule is CNC(C)Cc1cnc(C2CCCCN2)s1. The Morgan fingerprint density at radius 2 is 2.50 bits per heavy atom. The molecule has 0 radical (unpaired) electrons. The number of likely N-dealkylation sites (N-methyl/N-ethyl adjacent to an activating group) is 1. The predicted octanol–water partition coefficient (Wildman–Crippen LogP) is 2.11. The highest BCUT2D eigenvalue weighted by Crippen LogP contribution is 2.27. The minimum atomic E-state index is 0.511. The van der Waals surface area contributed by atoms with Gasteiger partial charge in [0.1, 0.15) is 5.01 Å². The molecule has 4 heteroatoms. The largest absolute Gasteiger partial charge is 0.317 e. The van der Waals surface area contributed by atoms with E-state index in [-0.39, 0.29) is 0 Å². The monoisotopic (exact) mass is 239 g/mol. The quantitative estimate of drug-likeness (QED) is 0.845. The van der Waals surface area contributed by atoms with Crippen molar-refractivity contribution in [2.45, 2.75) is 44.7 Å². The van der Waals surface area contributed by atoms with Crippen LogP contribution in [-0.2, 0) is 6.42 Å². The summed E-state index contributed by atoms with van der Waals surface area (Å²) in [6, 6.07) is 1.05. The molecule has 2 unspecified atom stereocenters. The van der Waals surface area contributed by atoms with Gasteiger partial charge in [0.15, 0.2) is 0 Å². The molecule has 2 N–H and O–H groups in total. The molecule has 0 bridgehead atoms. The fourth-order valence-corrected chi connectivity index (χ4v) is 3.20. The molecule has 1 aromatic heterocycles. The van der Waals surface area contributed by atoms with E-state index in [0.29, 0.717) is 12.1 Å². The summed E-state index contributed by atoms with van der Waals surface area (Å²) in [7, 11) is 2.01. The zero-order chi connectivity index (χ0) is 11.4. The maximum atomic E-state index is 4.56. The van der Waals surface area contributed by atoms with Crippen LogP contribution in [0.25, 0.3) is 0 Å². The summed E-state index contributed by atoms with van der Waals surface area (Å²) in [5, 5.41) is 8.09. The number of hydrogen-bond donors (Lipinski definition) is 2. The van der Waals surface area contributed by atoms with Crippen molar-refractivity contribution in [1.29, 1.82) is 0 Å². The Labute approximate surface area is 102 Å². The summed E-state index contributed by atoms with van der Waals surface area (Å²) < 4.78 is 0. The van der Waals surface area contributed by atoms with Crippen molar-refractivity contribution < 1.29 is 0 Å². The first kappa shape index (κ1) is 12.0. The molecule has 0 saturated carbocycles. The topological polar surface area (TPSA) is 37.0 Å². The van der Waals surface area contributed by atoms with E-state index in [1.54, 1.807) is 0 Å². The fourth-order valence-electron chi connectivity index (χ4n) is 2.04. The molecule has 2 heterocycles. The van der Waals surface area contributed by atoms with Crippen LogP contribution < -0.4 is 10.6 Å². The molecule has 1 fully saturated rings. The summed E-state index contributed by atoms with van der Waals surface area (Å²) in [6.45, 7) is 3.35. The van der Waals surface area contributed by atoms with Crippen LogP contribution >= 0.6 is 11.3 Å². The molecular formula is C12H21N3S. The first-order valence-electron chi connectivity index (χ1n) is 6.15. The van der Waals surface area contributed by atoms with Crippen molar-refractivity contribution in [3.63, 3.8) is 0 Å². The minimum Gasteiger partial charge on any atom is -0.317 e. The van der Waals surface area contributed by atoms with E-state index in [0.717, 1.165) is 13.0 Å². The van der Waals surface area contributed by atoms with E-state index in [1.165, 1.54) is 29.1 Å². The van der Waals surface area contributed by atoms with Crippen LogP contribution in [0.1, 0.15) is 42.1 Å². The Morgan fingerprint density at radius 3 is 3.19 bits per heavy atom. The Balaban J connectivity index is 1.95. The lowest BCUT2D eigenvalue weighted by atomic mass is 10.1. The average molecular weight is 239 g/mol. The zero-order valence-electron chi connectivity index (χ0n) is 10.1. The van der Waals surface area contributed by atoms with Gasteiger partial charge in [-0.3, -0.25) is 0 Å². The van der Waals surface area contributed by atoms with E-state index in [4.69, 9.17) is 0 Å². The second kappa shape index (κ2) is 5.75. The predicted molar refractivity (Wildman–Crippen MR) is 68.9 cm³/mol. The second-order valence-corrected chi connectivity index (χ2v) is 5.71. The van der Waals surface area contributed by atoms with Gasteiger partial charge in [0.05, 0.1) is 6.04 Å². The molecule has 0 spiro atoms. The van der Waals surface area contributed by atoms with Crippen LogP contribution in [0.4, 0.5) is 0 Å². The lowest BCUT2D eigenvalue weighted by Gasteiger charge is -2.21. The normalized spacial score (nSPS) is 23.2. The molecule has 0 aliphatic carbocycles. The Hall–Kier alpha value is -0.450. The smallest absolute Gasteiger partial charge is 0.110 e. The van der Waals surface area contributed by atoms with Crippen LogP contribution in [0.2, 0.25) is 0 Å². The van der Waals surface area contributed by atoms with Gasteiger partial charge in [0.2, 0.25) is 0 Å². The van der Waals surface area contributed by atoms with Gasteiger partial charge in [-0.15, -0.1) is 11.3 Å². The molecule has 3 nitrogen and oxygen atoms in total. The summed E-state index contributed by atoms with van der Waals surface area (Å²) in [5.74, 6) is 0. The molecule has 0 aromatic carbocycles. The third kappa shape index (κ3) is 3.03. The van der Waals surface area contributed by atoms with Gasteiger partial charge in [0.25, 0.3) is 0 Å². The Morgan fingerprint density at radius 1 is 1.62 bits per heavy atom. The van der Waals surface area contributed by atoms with Crippen LogP contribution in [0.3, 0.4) is 0 Å². The number of nitrogens with one attached hydrogen (secondary N) is 2. The van der Waals surface area contributed by atoms with Crippen molar-refractivity contribution in [2.75, 3.05) is 13.6 Å². The van der Waals surface area contributed by atoms with Crippen molar-refractivity contribution in [1.82, 2.24) is 15.6 Å². The van der Waals surface area contributed by atoms with Gasteiger partial charge in [-0.1, -0.05) is 6.42 Å². The summed E-state index contributed by atoms with van der Waals surface area (Å²) in [4.78, 5) is 5.95. The molecule has 2 rings (SSSR count). The molecule has 1 aliphatic heterocycles. The molecule has 16 heavy (non-hydrogen) atoms. The number of hydrogen-bond acceptors (Lipinski definition) is 4. The summed E-state index contributed by atoms with van der Waals surface area (Å²) >= 11 is 1.87. The molecule has 1 aliphatic rings. The van der Waals surface area contributed by atoms with Gasteiger partial charge in [-0.25, -0.2) is 4.98 Å². The molecule has 2 atom stereocenters. The summed E-state index contributed by atoms with van der Waals surface area (Å²) in [6.07, 6.45) is 7.02. The standard InChI is InChI=1S/C12H21N3S/c1-9(13-2)7-10-8-15-12(16-10)11-5-3-4-6-14-11/h8-9,11,13-14H,3-7H2,1-2H3. The molecule has 90 valence electrons. The number of piperidine rings is 1. The fraction of sp³-hybridized carbons (Fsp3) is 0.750. The maximum absolute atomic E-state index is 4.56. The Bertz CT molecular complexity index is 318. The third-order valence-electron chi connectivity index (χ3n) is 3.18. The van der Waals surface area contributed by atoms with Crippen molar-refractivity contribution in [3.05, 3.63) is 16.1 Å². The highest BCUT2D eigenvalue weighted by molar-refractivity contribution is 7.11. The highest BCUT2D eigenvalue weighted by atomic mass is 32.1. The van der Waals surface area contributed by atoms with Crippen LogP contribution in [-0.4, -0.2) is 24.6 Å². The van der Waals surface area contributed by atoms with E-state index < -0.39 is 0 Å². The van der Waals surface area contributed by atoms with Crippen LogP contribution in [0.15, 0.2) is 6.20 Å². The number of thiazole rings is 1. The number of rotatable bonds is 4. The van der Waals surface area contributed by atoms with Crippen molar-refractivity contribution >= 4 is 11.3 Å². The van der Waals surface area contributed by atoms with E-state index in [1.807, 2.05) is 24.6 Å². The lowest BCUT2D eigenvalue weighted by Crippen LogP contribution is -2.26. The van der Waals surface area contributed by atoms with E-state index in [9.17, 15) is 0 Å². The first-order chi connectivity index (χ1) is 7.79. The van der Waals surface area contributed by atoms with Crippen molar-refractivity contribution in [2.24, 2.45) is 0 Å². The number of nitrogens with zero attached hydrogens (tertiary/aromatic N) is 1. The number of aromatic nitrogens is 1. The lowest BCUT2D eigenvalue weighted by molar-refractivity contribution is 0.411. The van der Waals surface area contributed by atoms with Crippen LogP contribution in [0, 0.1) is 0 Å². The molecule has 1 aromatic rings. The third-order valence-corrected chi connectivity index (χ3v) is 4.31. The average Bonchev–Trinajstić information content (AvgIpc) is 2.78. The molecular weight excluding hydrogens is 218 g/mol. The van der Waals surface area contributed by atoms with Crippen LogP contribution in [0.5, 0.6) is 0 Å². The highest BCUT2D eigenvalue weighted by Gasteiger charge is 2.18. The van der Waals surface area contributed by atoms with Gasteiger partial charge in [-0.2, -0.15) is 0 Å². The van der Waals surface area contributed by atoms with Gasteiger partial charge in [0, 0.05) is 17.1 Å². The minimum absolute atomic E-state index is 0.511. The summed E-state index contributed by atoms with van der Waals surface area (Å²) in [5.41, 5.74) is 0. The first-order valence-corrected chi connectivity index (χ1v) is 6.96. The van der Waals surface area contributed by atoms with Gasteiger partial charge < -0.3 is 10.6 Å². The zero-order valence-corrected chi connectivity index (χ0v) is 10.9. The van der Waals surface area contributed by atoms with E-state index in [2.05, 4.69) is 22.5 Å². The van der Waals surface area contributed by atoms with Gasteiger partial charge >= 0.3 is 0 Å². The van der Waals surface area contributed by atoms with Crippen molar-refractivity contribution in [3.8, 4) is 0 Å². The maximum Gasteiger partial charge on any atom is 0.110 e.